The average Bonchev–Trinajstić information content (AvgIpc) is 3.04. The molecule has 3 rings (SSSR count). The lowest BCUT2D eigenvalue weighted by Crippen LogP contribution is -2.46. The fourth-order valence-electron chi connectivity index (χ4n) is 3.26. The summed E-state index contributed by atoms with van der Waals surface area (Å²) in [6.45, 7) is 3.97. The van der Waals surface area contributed by atoms with Gasteiger partial charge in [0.2, 0.25) is 0 Å². The van der Waals surface area contributed by atoms with Crippen molar-refractivity contribution < 1.29 is 5.11 Å². The Kier molecular flexibility index (Phi) is 5.30. The highest BCUT2D eigenvalue weighted by Gasteiger charge is 2.30. The quantitative estimate of drug-likeness (QED) is 0.583. The highest BCUT2D eigenvalue weighted by atomic mass is 16.3. The number of aliphatic hydroxyl groups is 1. The van der Waals surface area contributed by atoms with Gasteiger partial charge in [-0.2, -0.15) is 0 Å². The number of guanidine groups is 1. The largest absolute Gasteiger partial charge is 0.388 e. The molecular weight excluding hydrogens is 300 g/mol. The maximum Gasteiger partial charge on any atom is 0.191 e. The van der Waals surface area contributed by atoms with Crippen molar-refractivity contribution in [3.05, 3.63) is 42.1 Å². The lowest BCUT2D eigenvalue weighted by molar-refractivity contribution is 0.0522. The van der Waals surface area contributed by atoms with Crippen molar-refractivity contribution in [1.82, 2.24) is 15.6 Å². The third kappa shape index (κ3) is 4.03. The molecule has 128 valence electrons. The second-order valence-electron chi connectivity index (χ2n) is 6.47. The van der Waals surface area contributed by atoms with Gasteiger partial charge in [-0.3, -0.25) is 4.98 Å². The van der Waals surface area contributed by atoms with Crippen LogP contribution in [0.2, 0.25) is 0 Å². The third-order valence-electron chi connectivity index (χ3n) is 4.61. The number of hydrogen-bond acceptors (Lipinski definition) is 3. The topological polar surface area (TPSA) is 69.5 Å². The van der Waals surface area contributed by atoms with Crippen LogP contribution in [0.4, 0.5) is 0 Å². The summed E-state index contributed by atoms with van der Waals surface area (Å²) in [5.74, 6) is 0.749. The zero-order chi connectivity index (χ0) is 16.8. The molecule has 2 aromatic rings. The van der Waals surface area contributed by atoms with Gasteiger partial charge in [0.05, 0.1) is 17.7 Å². The van der Waals surface area contributed by atoms with E-state index in [0.717, 1.165) is 54.7 Å². The van der Waals surface area contributed by atoms with Crippen LogP contribution in [0.5, 0.6) is 0 Å². The molecule has 5 nitrogen and oxygen atoms in total. The molecule has 1 heterocycles. The highest BCUT2D eigenvalue weighted by Crippen LogP contribution is 2.28. The summed E-state index contributed by atoms with van der Waals surface area (Å²) in [6.07, 6.45) is 5.78. The Bertz CT molecular complexity index is 702. The van der Waals surface area contributed by atoms with Gasteiger partial charge in [-0.1, -0.05) is 31.0 Å². The molecule has 0 saturated heterocycles. The van der Waals surface area contributed by atoms with E-state index in [9.17, 15) is 5.11 Å². The average molecular weight is 326 g/mol. The third-order valence-corrected chi connectivity index (χ3v) is 4.61. The molecule has 24 heavy (non-hydrogen) atoms. The van der Waals surface area contributed by atoms with Crippen molar-refractivity contribution in [3.8, 4) is 0 Å². The van der Waals surface area contributed by atoms with Gasteiger partial charge in [0.1, 0.15) is 0 Å². The minimum Gasteiger partial charge on any atom is -0.388 e. The summed E-state index contributed by atoms with van der Waals surface area (Å²) in [5, 5.41) is 18.2. The van der Waals surface area contributed by atoms with E-state index in [0.29, 0.717) is 13.1 Å². The molecule has 3 N–H and O–H groups in total. The molecule has 0 unspecified atom stereocenters. The van der Waals surface area contributed by atoms with Crippen molar-refractivity contribution in [3.63, 3.8) is 0 Å². The predicted octanol–water partition coefficient (Wildman–Crippen LogP) is 2.60. The van der Waals surface area contributed by atoms with E-state index >= 15 is 0 Å². The SMILES string of the molecule is CCNC(=NCc1ccnc2ccccc12)NCC1(O)CCCC1. The number of fused-ring (bicyclic) bond motifs is 1. The van der Waals surface area contributed by atoms with Gasteiger partial charge in [-0.25, -0.2) is 4.99 Å². The summed E-state index contributed by atoms with van der Waals surface area (Å²) in [7, 11) is 0. The normalized spacial score (nSPS) is 17.2. The number of nitrogens with one attached hydrogen (secondary N) is 2. The molecule has 0 radical (unpaired) electrons. The van der Waals surface area contributed by atoms with Gasteiger partial charge >= 0.3 is 0 Å². The fourth-order valence-corrected chi connectivity index (χ4v) is 3.26. The molecule has 0 spiro atoms. The van der Waals surface area contributed by atoms with Crippen LogP contribution in [0, 0.1) is 0 Å². The molecule has 1 saturated carbocycles. The Morgan fingerprint density at radius 1 is 1.21 bits per heavy atom. The second-order valence-corrected chi connectivity index (χ2v) is 6.47. The van der Waals surface area contributed by atoms with Gasteiger partial charge in [-0.15, -0.1) is 0 Å². The Hall–Kier alpha value is -2.14. The standard InChI is InChI=1S/C19H26N4O/c1-2-20-18(23-14-19(24)10-5-6-11-19)22-13-15-9-12-21-17-8-4-3-7-16(15)17/h3-4,7-9,12,24H,2,5-6,10-11,13-14H2,1H3,(H2,20,22,23). The Labute approximate surface area is 143 Å². The van der Waals surface area contributed by atoms with Gasteiger partial charge in [0, 0.05) is 24.7 Å². The van der Waals surface area contributed by atoms with Gasteiger partial charge in [0.25, 0.3) is 0 Å². The summed E-state index contributed by atoms with van der Waals surface area (Å²) in [4.78, 5) is 9.07. The number of aliphatic imine (C=N–C) groups is 1. The number of rotatable bonds is 5. The summed E-state index contributed by atoms with van der Waals surface area (Å²) in [5.41, 5.74) is 1.56. The number of hydrogen-bond donors (Lipinski definition) is 3. The first-order valence-corrected chi connectivity index (χ1v) is 8.77. The lowest BCUT2D eigenvalue weighted by atomic mass is 10.0. The van der Waals surface area contributed by atoms with Crippen molar-refractivity contribution in [2.24, 2.45) is 4.99 Å². The number of nitrogens with zero attached hydrogens (tertiary/aromatic N) is 2. The van der Waals surface area contributed by atoms with E-state index in [-0.39, 0.29) is 0 Å². The molecule has 1 fully saturated rings. The first kappa shape index (κ1) is 16.7. The van der Waals surface area contributed by atoms with Crippen LogP contribution in [-0.2, 0) is 6.54 Å². The van der Waals surface area contributed by atoms with E-state index in [1.807, 2.05) is 37.4 Å². The molecule has 0 bridgehead atoms. The van der Waals surface area contributed by atoms with E-state index in [2.05, 4.69) is 26.7 Å². The minimum absolute atomic E-state index is 0.552. The lowest BCUT2D eigenvalue weighted by Gasteiger charge is -2.23. The smallest absolute Gasteiger partial charge is 0.191 e. The van der Waals surface area contributed by atoms with Gasteiger partial charge in [0.15, 0.2) is 5.96 Å². The molecule has 1 aliphatic rings. The molecule has 5 heteroatoms. The van der Waals surface area contributed by atoms with Crippen molar-refractivity contribution >= 4 is 16.9 Å². The molecular formula is C19H26N4O. The van der Waals surface area contributed by atoms with E-state index in [1.54, 1.807) is 0 Å². The number of para-hydroxylation sites is 1. The molecule has 0 atom stereocenters. The first-order valence-electron chi connectivity index (χ1n) is 8.77. The number of aromatic nitrogens is 1. The van der Waals surface area contributed by atoms with Crippen LogP contribution < -0.4 is 10.6 Å². The molecule has 1 aliphatic carbocycles. The molecule has 0 aliphatic heterocycles. The van der Waals surface area contributed by atoms with E-state index in [4.69, 9.17) is 0 Å². The molecule has 0 amide bonds. The maximum absolute atomic E-state index is 10.5. The zero-order valence-corrected chi connectivity index (χ0v) is 14.3. The van der Waals surface area contributed by atoms with E-state index in [1.165, 1.54) is 0 Å². The van der Waals surface area contributed by atoms with Crippen LogP contribution in [0.25, 0.3) is 10.9 Å². The van der Waals surface area contributed by atoms with Crippen LogP contribution in [0.3, 0.4) is 0 Å². The summed E-state index contributed by atoms with van der Waals surface area (Å²) < 4.78 is 0. The van der Waals surface area contributed by atoms with Crippen molar-refractivity contribution in [2.75, 3.05) is 13.1 Å². The van der Waals surface area contributed by atoms with Gasteiger partial charge in [-0.05, 0) is 37.5 Å². The number of pyridine rings is 1. The highest BCUT2D eigenvalue weighted by molar-refractivity contribution is 5.83. The Morgan fingerprint density at radius 2 is 2.00 bits per heavy atom. The summed E-state index contributed by atoms with van der Waals surface area (Å²) in [6, 6.07) is 10.1. The monoisotopic (exact) mass is 326 g/mol. The van der Waals surface area contributed by atoms with Crippen molar-refractivity contribution in [2.45, 2.75) is 44.8 Å². The Balaban J connectivity index is 1.70. The van der Waals surface area contributed by atoms with Crippen molar-refractivity contribution in [1.29, 1.82) is 0 Å². The maximum atomic E-state index is 10.5. The number of benzene rings is 1. The van der Waals surface area contributed by atoms with Crippen LogP contribution in [-0.4, -0.2) is 34.7 Å². The van der Waals surface area contributed by atoms with Crippen LogP contribution >= 0.6 is 0 Å². The predicted molar refractivity (Wildman–Crippen MR) is 98.0 cm³/mol. The second kappa shape index (κ2) is 7.62. The molecule has 1 aromatic heterocycles. The fraction of sp³-hybridized carbons (Fsp3) is 0.474. The molecule has 1 aromatic carbocycles. The van der Waals surface area contributed by atoms with Crippen LogP contribution in [0.15, 0.2) is 41.5 Å². The first-order chi connectivity index (χ1) is 11.7. The zero-order valence-electron chi connectivity index (χ0n) is 14.3. The van der Waals surface area contributed by atoms with E-state index < -0.39 is 5.60 Å². The van der Waals surface area contributed by atoms with Crippen LogP contribution in [0.1, 0.15) is 38.2 Å². The Morgan fingerprint density at radius 3 is 2.79 bits per heavy atom. The van der Waals surface area contributed by atoms with Gasteiger partial charge < -0.3 is 15.7 Å². The summed E-state index contributed by atoms with van der Waals surface area (Å²) >= 11 is 0. The minimum atomic E-state index is -0.584.